The quantitative estimate of drug-likeness (QED) is 0.393. The van der Waals surface area contributed by atoms with Crippen molar-refractivity contribution in [1.82, 2.24) is 5.32 Å². The van der Waals surface area contributed by atoms with E-state index in [2.05, 4.69) is 5.32 Å². The standard InChI is InChI=1S/C22H27NO6/c1-2-28-20(26)11-7-4-8-12-23-22(27)17-13-18(24)21(19(25)14-17)29-15-16-9-5-3-6-10-16/h3,5-6,9-10,13-14,24-25H,2,4,7-8,11-12,15H2,1H3,(H,23,27). The Morgan fingerprint density at radius 3 is 2.34 bits per heavy atom. The molecule has 7 heteroatoms. The Bertz CT molecular complexity index is 783. The molecule has 0 fully saturated rings. The van der Waals surface area contributed by atoms with Crippen molar-refractivity contribution in [3.63, 3.8) is 0 Å². The molecule has 0 spiro atoms. The SMILES string of the molecule is CCOC(=O)CCCCCNC(=O)c1cc(O)c(OCc2ccccc2)c(O)c1. The molecular formula is C22H27NO6. The molecule has 0 atom stereocenters. The van der Waals surface area contributed by atoms with Crippen LogP contribution in [0, 0.1) is 0 Å². The van der Waals surface area contributed by atoms with Crippen LogP contribution in [-0.2, 0) is 16.1 Å². The highest BCUT2D eigenvalue weighted by atomic mass is 16.5. The molecule has 0 heterocycles. The van der Waals surface area contributed by atoms with Crippen molar-refractivity contribution in [3.8, 4) is 17.2 Å². The predicted molar refractivity (Wildman–Crippen MR) is 108 cm³/mol. The van der Waals surface area contributed by atoms with Gasteiger partial charge in [-0.1, -0.05) is 36.8 Å². The number of aromatic hydroxyl groups is 2. The first-order valence-electron chi connectivity index (χ1n) is 9.67. The van der Waals surface area contributed by atoms with Gasteiger partial charge in [-0.25, -0.2) is 0 Å². The Morgan fingerprint density at radius 1 is 1.00 bits per heavy atom. The molecule has 2 aromatic rings. The van der Waals surface area contributed by atoms with Gasteiger partial charge in [-0.05, 0) is 37.5 Å². The number of hydrogen-bond donors (Lipinski definition) is 3. The number of carbonyl (C=O) groups excluding carboxylic acids is 2. The van der Waals surface area contributed by atoms with E-state index in [1.165, 1.54) is 12.1 Å². The molecule has 0 saturated carbocycles. The number of esters is 1. The third-order valence-electron chi connectivity index (χ3n) is 4.19. The van der Waals surface area contributed by atoms with Gasteiger partial charge in [0.2, 0.25) is 5.75 Å². The van der Waals surface area contributed by atoms with Crippen LogP contribution < -0.4 is 10.1 Å². The second-order valence-corrected chi connectivity index (χ2v) is 6.49. The monoisotopic (exact) mass is 401 g/mol. The maximum absolute atomic E-state index is 12.2. The van der Waals surface area contributed by atoms with Crippen molar-refractivity contribution < 1.29 is 29.3 Å². The van der Waals surface area contributed by atoms with E-state index in [0.717, 1.165) is 12.0 Å². The molecule has 0 aromatic heterocycles. The lowest BCUT2D eigenvalue weighted by atomic mass is 10.1. The highest BCUT2D eigenvalue weighted by molar-refractivity contribution is 5.95. The molecule has 0 aliphatic carbocycles. The lowest BCUT2D eigenvalue weighted by Gasteiger charge is -2.12. The fourth-order valence-electron chi connectivity index (χ4n) is 2.72. The summed E-state index contributed by atoms with van der Waals surface area (Å²) in [5.41, 5.74) is 1.02. The second-order valence-electron chi connectivity index (χ2n) is 6.49. The fraction of sp³-hybridized carbons (Fsp3) is 0.364. The highest BCUT2D eigenvalue weighted by Gasteiger charge is 2.15. The molecule has 0 unspecified atom stereocenters. The first-order chi connectivity index (χ1) is 14.0. The van der Waals surface area contributed by atoms with E-state index in [0.29, 0.717) is 32.4 Å². The van der Waals surface area contributed by atoms with Gasteiger partial charge < -0.3 is 25.0 Å². The number of unbranched alkanes of at least 4 members (excludes halogenated alkanes) is 2. The van der Waals surface area contributed by atoms with E-state index in [1.54, 1.807) is 6.92 Å². The van der Waals surface area contributed by atoms with Gasteiger partial charge in [-0.15, -0.1) is 0 Å². The lowest BCUT2D eigenvalue weighted by Crippen LogP contribution is -2.24. The summed E-state index contributed by atoms with van der Waals surface area (Å²) >= 11 is 0. The minimum atomic E-state index is -0.407. The number of ether oxygens (including phenoxy) is 2. The van der Waals surface area contributed by atoms with Crippen molar-refractivity contribution in [2.24, 2.45) is 0 Å². The lowest BCUT2D eigenvalue weighted by molar-refractivity contribution is -0.143. The molecule has 2 aromatic carbocycles. The maximum atomic E-state index is 12.2. The summed E-state index contributed by atoms with van der Waals surface area (Å²) in [6, 6.07) is 11.9. The first kappa shape index (κ1) is 22.1. The fourth-order valence-corrected chi connectivity index (χ4v) is 2.72. The Morgan fingerprint density at radius 2 is 1.69 bits per heavy atom. The molecule has 156 valence electrons. The van der Waals surface area contributed by atoms with Crippen LogP contribution in [0.1, 0.15) is 48.5 Å². The number of phenols is 2. The van der Waals surface area contributed by atoms with E-state index in [-0.39, 0.29) is 35.4 Å². The van der Waals surface area contributed by atoms with Gasteiger partial charge in [-0.3, -0.25) is 9.59 Å². The number of rotatable bonds is 11. The average Bonchev–Trinajstić information content (AvgIpc) is 2.70. The van der Waals surface area contributed by atoms with Gasteiger partial charge in [0.25, 0.3) is 5.91 Å². The summed E-state index contributed by atoms with van der Waals surface area (Å²) in [5.74, 6) is -1.29. The van der Waals surface area contributed by atoms with E-state index >= 15 is 0 Å². The first-order valence-corrected chi connectivity index (χ1v) is 9.67. The highest BCUT2D eigenvalue weighted by Crippen LogP contribution is 2.37. The minimum Gasteiger partial charge on any atom is -0.504 e. The summed E-state index contributed by atoms with van der Waals surface area (Å²) in [6.45, 7) is 2.75. The van der Waals surface area contributed by atoms with Gasteiger partial charge in [-0.2, -0.15) is 0 Å². The van der Waals surface area contributed by atoms with Crippen LogP contribution in [-0.4, -0.2) is 35.2 Å². The summed E-state index contributed by atoms with van der Waals surface area (Å²) in [5, 5.41) is 23.0. The summed E-state index contributed by atoms with van der Waals surface area (Å²) in [6.07, 6.45) is 2.56. The number of carbonyl (C=O) groups is 2. The molecular weight excluding hydrogens is 374 g/mol. The minimum absolute atomic E-state index is 0.0654. The van der Waals surface area contributed by atoms with Crippen molar-refractivity contribution in [2.75, 3.05) is 13.2 Å². The average molecular weight is 401 g/mol. The van der Waals surface area contributed by atoms with Crippen LogP contribution in [0.5, 0.6) is 17.2 Å². The van der Waals surface area contributed by atoms with Gasteiger partial charge in [0.05, 0.1) is 6.61 Å². The number of hydrogen-bond acceptors (Lipinski definition) is 6. The molecule has 0 bridgehead atoms. The predicted octanol–water partition coefficient (Wildman–Crippen LogP) is 3.53. The number of nitrogens with one attached hydrogen (secondary N) is 1. The van der Waals surface area contributed by atoms with Gasteiger partial charge >= 0.3 is 5.97 Å². The van der Waals surface area contributed by atoms with Crippen molar-refractivity contribution in [3.05, 3.63) is 53.6 Å². The largest absolute Gasteiger partial charge is 0.504 e. The number of phenolic OH excluding ortho intramolecular Hbond substituents is 2. The molecule has 0 aliphatic heterocycles. The zero-order valence-electron chi connectivity index (χ0n) is 16.5. The Kier molecular flexibility index (Phi) is 8.82. The summed E-state index contributed by atoms with van der Waals surface area (Å²) in [4.78, 5) is 23.5. The molecule has 1 amide bonds. The third kappa shape index (κ3) is 7.37. The molecule has 0 saturated heterocycles. The van der Waals surface area contributed by atoms with Crippen LogP contribution >= 0.6 is 0 Å². The Balaban J connectivity index is 1.79. The number of benzene rings is 2. The van der Waals surface area contributed by atoms with Crippen LogP contribution in [0.25, 0.3) is 0 Å². The molecule has 29 heavy (non-hydrogen) atoms. The molecule has 7 nitrogen and oxygen atoms in total. The van der Waals surface area contributed by atoms with Crippen molar-refractivity contribution in [2.45, 2.75) is 39.2 Å². The number of amides is 1. The molecule has 3 N–H and O–H groups in total. The van der Waals surface area contributed by atoms with Crippen LogP contribution in [0.3, 0.4) is 0 Å². The molecule has 2 rings (SSSR count). The summed E-state index contributed by atoms with van der Waals surface area (Å²) in [7, 11) is 0. The normalized spacial score (nSPS) is 10.4. The zero-order chi connectivity index (χ0) is 21.1. The van der Waals surface area contributed by atoms with Crippen molar-refractivity contribution >= 4 is 11.9 Å². The Labute approximate surface area is 170 Å². The molecule has 0 radical (unpaired) electrons. The van der Waals surface area contributed by atoms with E-state index in [4.69, 9.17) is 9.47 Å². The van der Waals surface area contributed by atoms with Crippen LogP contribution in [0.15, 0.2) is 42.5 Å². The topological polar surface area (TPSA) is 105 Å². The van der Waals surface area contributed by atoms with Gasteiger partial charge in [0.15, 0.2) is 11.5 Å². The zero-order valence-corrected chi connectivity index (χ0v) is 16.5. The van der Waals surface area contributed by atoms with Crippen molar-refractivity contribution in [1.29, 1.82) is 0 Å². The Hall–Kier alpha value is -3.22. The van der Waals surface area contributed by atoms with E-state index in [1.807, 2.05) is 30.3 Å². The van der Waals surface area contributed by atoms with Gasteiger partial charge in [0, 0.05) is 18.5 Å². The molecule has 0 aliphatic rings. The third-order valence-corrected chi connectivity index (χ3v) is 4.19. The van der Waals surface area contributed by atoms with Crippen LogP contribution in [0.4, 0.5) is 0 Å². The van der Waals surface area contributed by atoms with E-state index in [9.17, 15) is 19.8 Å². The summed E-state index contributed by atoms with van der Waals surface area (Å²) < 4.78 is 10.3. The maximum Gasteiger partial charge on any atom is 0.305 e. The smallest absolute Gasteiger partial charge is 0.305 e. The van der Waals surface area contributed by atoms with Gasteiger partial charge in [0.1, 0.15) is 6.61 Å². The second kappa shape index (κ2) is 11.6. The van der Waals surface area contributed by atoms with Crippen LogP contribution in [0.2, 0.25) is 0 Å². The van der Waals surface area contributed by atoms with E-state index < -0.39 is 5.91 Å².